The van der Waals surface area contributed by atoms with Gasteiger partial charge in [-0.3, -0.25) is 19.2 Å². The number of amides is 1. The van der Waals surface area contributed by atoms with E-state index in [0.29, 0.717) is 22.7 Å². The molecule has 0 bridgehead atoms. The molecule has 2 aromatic heterocycles. The van der Waals surface area contributed by atoms with Crippen molar-refractivity contribution in [1.82, 2.24) is 29.7 Å². The summed E-state index contributed by atoms with van der Waals surface area (Å²) in [5.74, 6) is -0.849. The number of aromatic nitrogens is 4. The minimum Gasteiger partial charge on any atom is -0.464 e. The third-order valence-corrected chi connectivity index (χ3v) is 7.58. The largest absolute Gasteiger partial charge is 0.464 e. The number of ether oxygens (including phenoxy) is 2. The van der Waals surface area contributed by atoms with Gasteiger partial charge in [-0.15, -0.1) is 0 Å². The summed E-state index contributed by atoms with van der Waals surface area (Å²) in [4.78, 5) is 38.0. The van der Waals surface area contributed by atoms with Crippen molar-refractivity contribution >= 4 is 47.9 Å². The van der Waals surface area contributed by atoms with Gasteiger partial charge in [0.2, 0.25) is 0 Å². The van der Waals surface area contributed by atoms with Gasteiger partial charge in [0.1, 0.15) is 23.7 Å². The molecule has 1 aromatic carbocycles. The van der Waals surface area contributed by atoms with Crippen molar-refractivity contribution in [1.29, 1.82) is 0 Å². The van der Waals surface area contributed by atoms with E-state index in [2.05, 4.69) is 25.1 Å². The quantitative estimate of drug-likeness (QED) is 0.218. The van der Waals surface area contributed by atoms with E-state index >= 15 is 0 Å². The van der Waals surface area contributed by atoms with E-state index in [0.717, 1.165) is 0 Å². The van der Waals surface area contributed by atoms with Crippen LogP contribution in [0.3, 0.4) is 0 Å². The maximum absolute atomic E-state index is 14.0. The minimum atomic E-state index is -3.85. The number of anilines is 1. The van der Waals surface area contributed by atoms with Crippen molar-refractivity contribution < 1.29 is 23.6 Å². The zero-order valence-corrected chi connectivity index (χ0v) is 23.6. The summed E-state index contributed by atoms with van der Waals surface area (Å²) < 4.78 is 27.0. The Morgan fingerprint density at radius 1 is 1.16 bits per heavy atom. The van der Waals surface area contributed by atoms with Gasteiger partial charge in [-0.1, -0.05) is 25.4 Å². The topological polar surface area (TPSA) is 163 Å². The number of esters is 1. The first kappa shape index (κ1) is 29.5. The molecule has 3 aromatic rings. The Kier molecular flexibility index (Phi) is 9.48. The Morgan fingerprint density at radius 2 is 1.84 bits per heavy atom. The van der Waals surface area contributed by atoms with Gasteiger partial charge < -0.3 is 19.8 Å². The number of nitrogens with two attached hydrogens (primary N) is 1. The predicted molar refractivity (Wildman–Crippen MR) is 145 cm³/mol. The lowest BCUT2D eigenvalue weighted by Crippen LogP contribution is -2.49. The maximum Gasteiger partial charge on any atom is 0.326 e. The van der Waals surface area contributed by atoms with Crippen LogP contribution in [0.15, 0.2) is 36.9 Å². The van der Waals surface area contributed by atoms with Crippen LogP contribution in [0.1, 0.15) is 45.0 Å². The number of nitrogen functional groups attached to an aromatic ring is 1. The van der Waals surface area contributed by atoms with Crippen molar-refractivity contribution in [2.24, 2.45) is 5.92 Å². The molecule has 3 rings (SSSR count). The molecular weight excluding hydrogens is 533 g/mol. The summed E-state index contributed by atoms with van der Waals surface area (Å²) in [6.07, 6.45) is 2.01. The first-order chi connectivity index (χ1) is 17.8. The summed E-state index contributed by atoms with van der Waals surface area (Å²) in [6.45, 7) is 9.14. The van der Waals surface area contributed by atoms with Crippen LogP contribution in [0.2, 0.25) is 5.02 Å². The number of carbonyl (C=O) groups is 2. The number of nitrogens with zero attached hydrogens (tertiary/aromatic N) is 4. The number of imidazole rings is 1. The van der Waals surface area contributed by atoms with E-state index in [4.69, 9.17) is 26.8 Å². The normalized spacial score (nSPS) is 14.3. The van der Waals surface area contributed by atoms with E-state index in [1.54, 1.807) is 30.0 Å². The first-order valence-corrected chi connectivity index (χ1v) is 14.2. The fraction of sp³-hybridized carbons (Fsp3) is 0.458. The Morgan fingerprint density at radius 3 is 2.50 bits per heavy atom. The second kappa shape index (κ2) is 12.2. The SMILES string of the molecule is CC(C)COC(=O)C(C)(C)NP(=O)(CO[C@H](C)Cn1cnc2c(N)ncnc21)NC(=O)c1ccc(Cl)cc1. The van der Waals surface area contributed by atoms with Crippen LogP contribution < -0.4 is 15.9 Å². The summed E-state index contributed by atoms with van der Waals surface area (Å²) in [5, 5.41) is 5.78. The number of hydrogen-bond donors (Lipinski definition) is 3. The molecule has 1 unspecified atom stereocenters. The molecule has 0 saturated carbocycles. The molecule has 0 aliphatic carbocycles. The average Bonchev–Trinajstić information content (AvgIpc) is 3.25. The summed E-state index contributed by atoms with van der Waals surface area (Å²) in [6, 6.07) is 6.11. The number of nitrogens with one attached hydrogen (secondary N) is 2. The zero-order chi connectivity index (χ0) is 28.1. The van der Waals surface area contributed by atoms with Crippen LogP contribution in [-0.2, 0) is 25.4 Å². The summed E-state index contributed by atoms with van der Waals surface area (Å²) in [5.41, 5.74) is 5.69. The van der Waals surface area contributed by atoms with Gasteiger partial charge in [0, 0.05) is 10.6 Å². The molecule has 0 spiro atoms. The molecular formula is C24H33ClN7O5P. The second-order valence-electron chi connectivity index (χ2n) is 9.85. The fourth-order valence-electron chi connectivity index (χ4n) is 3.44. The summed E-state index contributed by atoms with van der Waals surface area (Å²) in [7, 11) is -3.85. The molecule has 4 N–H and O–H groups in total. The van der Waals surface area contributed by atoms with Crippen molar-refractivity contribution in [3.63, 3.8) is 0 Å². The van der Waals surface area contributed by atoms with Crippen LogP contribution in [0.4, 0.5) is 5.82 Å². The molecule has 2 heterocycles. The van der Waals surface area contributed by atoms with Gasteiger partial charge in [0.05, 0.1) is 25.6 Å². The Bertz CT molecular complexity index is 1330. The van der Waals surface area contributed by atoms with Gasteiger partial charge in [0.25, 0.3) is 13.4 Å². The van der Waals surface area contributed by atoms with Crippen molar-refractivity contribution in [2.45, 2.75) is 52.8 Å². The number of fused-ring (bicyclic) bond motifs is 1. The molecule has 12 nitrogen and oxygen atoms in total. The van der Waals surface area contributed by atoms with Crippen LogP contribution in [0.25, 0.3) is 11.2 Å². The molecule has 0 radical (unpaired) electrons. The number of halogens is 1. The third kappa shape index (κ3) is 7.73. The van der Waals surface area contributed by atoms with Crippen LogP contribution in [0, 0.1) is 5.92 Å². The highest BCUT2D eigenvalue weighted by Gasteiger charge is 2.39. The van der Waals surface area contributed by atoms with Crippen molar-refractivity contribution in [3.8, 4) is 0 Å². The van der Waals surface area contributed by atoms with E-state index in [-0.39, 0.29) is 23.9 Å². The molecule has 2 atom stereocenters. The molecule has 0 saturated heterocycles. The van der Waals surface area contributed by atoms with Crippen LogP contribution >= 0.6 is 19.0 Å². The Balaban J connectivity index is 1.76. The van der Waals surface area contributed by atoms with Crippen LogP contribution in [0.5, 0.6) is 0 Å². The van der Waals surface area contributed by atoms with E-state index in [9.17, 15) is 14.2 Å². The smallest absolute Gasteiger partial charge is 0.326 e. The van der Waals surface area contributed by atoms with Gasteiger partial charge in [-0.25, -0.2) is 20.0 Å². The Labute approximate surface area is 226 Å². The second-order valence-corrected chi connectivity index (χ2v) is 12.5. The number of benzene rings is 1. The number of carbonyl (C=O) groups excluding carboxylic acids is 2. The van der Waals surface area contributed by atoms with E-state index in [1.807, 2.05) is 13.8 Å². The van der Waals surface area contributed by atoms with Gasteiger partial charge in [-0.05, 0) is 51.0 Å². The van der Waals surface area contributed by atoms with Crippen LogP contribution in [-0.4, -0.2) is 56.0 Å². The monoisotopic (exact) mass is 565 g/mol. The predicted octanol–water partition coefficient (Wildman–Crippen LogP) is 3.62. The van der Waals surface area contributed by atoms with E-state index < -0.39 is 37.3 Å². The average molecular weight is 566 g/mol. The first-order valence-electron chi connectivity index (χ1n) is 12.0. The number of rotatable bonds is 12. The lowest BCUT2D eigenvalue weighted by atomic mass is 10.1. The fourth-order valence-corrected chi connectivity index (χ4v) is 5.66. The maximum atomic E-state index is 14.0. The van der Waals surface area contributed by atoms with Crippen molar-refractivity contribution in [2.75, 3.05) is 18.7 Å². The molecule has 0 fully saturated rings. The molecule has 0 aliphatic heterocycles. The summed E-state index contributed by atoms with van der Waals surface area (Å²) >= 11 is 5.92. The van der Waals surface area contributed by atoms with Gasteiger partial charge in [-0.2, -0.15) is 0 Å². The lowest BCUT2D eigenvalue weighted by Gasteiger charge is -2.31. The zero-order valence-electron chi connectivity index (χ0n) is 22.0. The highest BCUT2D eigenvalue weighted by Crippen LogP contribution is 2.40. The highest BCUT2D eigenvalue weighted by atomic mass is 35.5. The molecule has 206 valence electrons. The molecule has 0 aliphatic rings. The van der Waals surface area contributed by atoms with Gasteiger partial charge >= 0.3 is 5.97 Å². The molecule has 38 heavy (non-hydrogen) atoms. The number of hydrogen-bond acceptors (Lipinski definition) is 9. The molecule has 14 heteroatoms. The highest BCUT2D eigenvalue weighted by molar-refractivity contribution is 7.60. The van der Waals surface area contributed by atoms with Crippen molar-refractivity contribution in [3.05, 3.63) is 47.5 Å². The standard InChI is InChI=1S/C24H33ClN7O5P/c1-15(2)11-36-23(34)24(4,5)31-38(35,30-22(33)17-6-8-18(25)9-7-17)14-37-16(3)10-32-13-29-19-20(26)27-12-28-21(19)32/h6-9,12-13,15-16H,10-11,14H2,1-5H3,(H2,26,27,28)(H2,30,31,33,35)/t16-,38?/m1/s1. The molecule has 1 amide bonds. The lowest BCUT2D eigenvalue weighted by molar-refractivity contribution is -0.150. The van der Waals surface area contributed by atoms with E-state index in [1.165, 1.54) is 32.3 Å². The third-order valence-electron chi connectivity index (χ3n) is 5.33. The van der Waals surface area contributed by atoms with Gasteiger partial charge in [0.15, 0.2) is 11.5 Å². The Hall–Kier alpha value is -3.05. The minimum absolute atomic E-state index is 0.121.